The number of carboxylic acid groups (broad SMARTS) is 1. The molecule has 0 aliphatic rings. The number of aliphatic hydroxyl groups is 1. The van der Waals surface area contributed by atoms with E-state index in [4.69, 9.17) is 9.84 Å². The van der Waals surface area contributed by atoms with Crippen LogP contribution in [0.3, 0.4) is 0 Å². The van der Waals surface area contributed by atoms with Gasteiger partial charge in [0.2, 0.25) is 5.91 Å². The zero-order chi connectivity index (χ0) is 13.7. The molecule has 3 N–H and O–H groups in total. The van der Waals surface area contributed by atoms with E-state index < -0.39 is 24.0 Å². The number of benzene rings is 1. The number of carbonyl (C=O) groups excluding carboxylic acids is 1. The Balaban J connectivity index is 3.00. The third-order valence-electron chi connectivity index (χ3n) is 2.40. The molecule has 0 aliphatic carbocycles. The van der Waals surface area contributed by atoms with Crippen molar-refractivity contribution >= 4 is 11.9 Å². The molecule has 0 saturated carbocycles. The molecule has 0 spiro atoms. The molecule has 0 aromatic heterocycles. The van der Waals surface area contributed by atoms with Gasteiger partial charge in [0.25, 0.3) is 0 Å². The molecule has 1 amide bonds. The van der Waals surface area contributed by atoms with E-state index in [0.29, 0.717) is 11.3 Å². The minimum absolute atomic E-state index is 0.420. The fourth-order valence-corrected chi connectivity index (χ4v) is 1.52. The SMILES string of the molecule is COc1ccc([C@H](NC(C)=O)[C@@H](O)C(=O)O)cc1. The van der Waals surface area contributed by atoms with Gasteiger partial charge in [-0.2, -0.15) is 0 Å². The van der Waals surface area contributed by atoms with Crippen LogP contribution >= 0.6 is 0 Å². The average Bonchev–Trinajstić information content (AvgIpc) is 2.35. The Morgan fingerprint density at radius 3 is 2.22 bits per heavy atom. The summed E-state index contributed by atoms with van der Waals surface area (Å²) in [5, 5.41) is 20.8. The number of ether oxygens (including phenoxy) is 1. The molecular formula is C12H15NO5. The van der Waals surface area contributed by atoms with E-state index in [0.717, 1.165) is 0 Å². The van der Waals surface area contributed by atoms with Crippen molar-refractivity contribution in [2.45, 2.75) is 19.1 Å². The van der Waals surface area contributed by atoms with Gasteiger partial charge in [-0.15, -0.1) is 0 Å². The lowest BCUT2D eigenvalue weighted by molar-refractivity contribution is -0.148. The normalized spacial score (nSPS) is 13.5. The standard InChI is InChI=1S/C12H15NO5/c1-7(14)13-10(11(15)12(16)17)8-3-5-9(18-2)6-4-8/h3-6,10-11,15H,1-2H3,(H,13,14)(H,16,17)/t10-,11+/m0/s1. The number of carbonyl (C=O) groups is 2. The van der Waals surface area contributed by atoms with E-state index >= 15 is 0 Å². The molecule has 98 valence electrons. The largest absolute Gasteiger partial charge is 0.497 e. The number of amides is 1. The van der Waals surface area contributed by atoms with Crippen LogP contribution in [-0.4, -0.2) is 35.3 Å². The number of hydrogen-bond donors (Lipinski definition) is 3. The highest BCUT2D eigenvalue weighted by Crippen LogP contribution is 2.20. The first-order valence-electron chi connectivity index (χ1n) is 5.27. The highest BCUT2D eigenvalue weighted by Gasteiger charge is 2.27. The highest BCUT2D eigenvalue weighted by molar-refractivity contribution is 5.77. The summed E-state index contributed by atoms with van der Waals surface area (Å²) < 4.78 is 4.97. The second-order valence-electron chi connectivity index (χ2n) is 3.73. The summed E-state index contributed by atoms with van der Waals surface area (Å²) in [6.07, 6.45) is -1.71. The van der Waals surface area contributed by atoms with Crippen LogP contribution in [0.15, 0.2) is 24.3 Å². The minimum atomic E-state index is -1.71. The Labute approximate surface area is 104 Å². The van der Waals surface area contributed by atoms with E-state index in [9.17, 15) is 14.7 Å². The molecule has 6 heteroatoms. The number of hydrogen-bond acceptors (Lipinski definition) is 4. The van der Waals surface area contributed by atoms with Crippen LogP contribution in [0.4, 0.5) is 0 Å². The van der Waals surface area contributed by atoms with E-state index in [2.05, 4.69) is 5.32 Å². The Hall–Kier alpha value is -2.08. The second-order valence-corrected chi connectivity index (χ2v) is 3.73. The van der Waals surface area contributed by atoms with Crippen molar-refractivity contribution in [1.29, 1.82) is 0 Å². The van der Waals surface area contributed by atoms with E-state index in [1.165, 1.54) is 14.0 Å². The summed E-state index contributed by atoms with van der Waals surface area (Å²) in [6, 6.07) is 5.43. The molecule has 0 bridgehead atoms. The molecule has 1 rings (SSSR count). The van der Waals surface area contributed by atoms with Gasteiger partial charge in [0.15, 0.2) is 6.10 Å². The third kappa shape index (κ3) is 3.46. The fourth-order valence-electron chi connectivity index (χ4n) is 1.52. The van der Waals surface area contributed by atoms with Gasteiger partial charge in [0.05, 0.1) is 13.2 Å². The number of rotatable bonds is 5. The van der Waals surface area contributed by atoms with Crippen molar-refractivity contribution in [1.82, 2.24) is 5.32 Å². The van der Waals surface area contributed by atoms with Crippen molar-refractivity contribution in [2.24, 2.45) is 0 Å². The first-order chi connectivity index (χ1) is 8.45. The minimum Gasteiger partial charge on any atom is -0.497 e. The third-order valence-corrected chi connectivity index (χ3v) is 2.40. The molecule has 6 nitrogen and oxygen atoms in total. The van der Waals surface area contributed by atoms with Gasteiger partial charge in [-0.1, -0.05) is 12.1 Å². The Morgan fingerprint density at radius 1 is 1.28 bits per heavy atom. The van der Waals surface area contributed by atoms with Gasteiger partial charge in [-0.25, -0.2) is 4.79 Å². The number of methoxy groups -OCH3 is 1. The van der Waals surface area contributed by atoms with Crippen molar-refractivity contribution in [3.05, 3.63) is 29.8 Å². The molecular weight excluding hydrogens is 238 g/mol. The van der Waals surface area contributed by atoms with Crippen LogP contribution in [0.1, 0.15) is 18.5 Å². The molecule has 18 heavy (non-hydrogen) atoms. The summed E-state index contributed by atoms with van der Waals surface area (Å²) in [5.74, 6) is -1.22. The summed E-state index contributed by atoms with van der Waals surface area (Å²) in [7, 11) is 1.51. The summed E-state index contributed by atoms with van der Waals surface area (Å²) >= 11 is 0. The number of aliphatic carboxylic acids is 1. The Bertz CT molecular complexity index is 429. The number of aliphatic hydroxyl groups excluding tert-OH is 1. The number of carboxylic acids is 1. The summed E-state index contributed by atoms with van der Waals surface area (Å²) in [6.45, 7) is 1.26. The Morgan fingerprint density at radius 2 is 1.83 bits per heavy atom. The molecule has 0 fully saturated rings. The zero-order valence-electron chi connectivity index (χ0n) is 10.1. The van der Waals surface area contributed by atoms with Crippen LogP contribution in [0, 0.1) is 0 Å². The quantitative estimate of drug-likeness (QED) is 0.702. The maximum absolute atomic E-state index is 11.0. The predicted octanol–water partition coefficient (Wildman–Crippen LogP) is 0.318. The van der Waals surface area contributed by atoms with Gasteiger partial charge in [-0.3, -0.25) is 4.79 Å². The van der Waals surface area contributed by atoms with Crippen molar-refractivity contribution in [2.75, 3.05) is 7.11 Å². The van der Waals surface area contributed by atoms with Crippen LogP contribution in [0.25, 0.3) is 0 Å². The average molecular weight is 253 g/mol. The fraction of sp³-hybridized carbons (Fsp3) is 0.333. The molecule has 0 saturated heterocycles. The lowest BCUT2D eigenvalue weighted by Crippen LogP contribution is -2.39. The van der Waals surface area contributed by atoms with Crippen LogP contribution < -0.4 is 10.1 Å². The van der Waals surface area contributed by atoms with E-state index in [1.54, 1.807) is 24.3 Å². The molecule has 0 heterocycles. The predicted molar refractivity (Wildman–Crippen MR) is 63.2 cm³/mol. The molecule has 2 atom stereocenters. The van der Waals surface area contributed by atoms with E-state index in [-0.39, 0.29) is 0 Å². The molecule has 0 radical (unpaired) electrons. The van der Waals surface area contributed by atoms with Gasteiger partial charge in [-0.05, 0) is 17.7 Å². The molecule has 0 unspecified atom stereocenters. The summed E-state index contributed by atoms with van der Waals surface area (Å²) in [5.41, 5.74) is 0.487. The van der Waals surface area contributed by atoms with Gasteiger partial charge in [0, 0.05) is 6.92 Å². The number of nitrogens with one attached hydrogen (secondary N) is 1. The Kier molecular flexibility index (Phi) is 4.67. The topological polar surface area (TPSA) is 95.9 Å². The zero-order valence-corrected chi connectivity index (χ0v) is 10.1. The van der Waals surface area contributed by atoms with Gasteiger partial charge < -0.3 is 20.3 Å². The molecule has 1 aromatic carbocycles. The van der Waals surface area contributed by atoms with Crippen LogP contribution in [-0.2, 0) is 9.59 Å². The van der Waals surface area contributed by atoms with Crippen LogP contribution in [0.5, 0.6) is 5.75 Å². The maximum Gasteiger partial charge on any atom is 0.335 e. The first-order valence-corrected chi connectivity index (χ1v) is 5.27. The van der Waals surface area contributed by atoms with Crippen molar-refractivity contribution in [3.8, 4) is 5.75 Å². The van der Waals surface area contributed by atoms with Gasteiger partial charge >= 0.3 is 5.97 Å². The second kappa shape index (κ2) is 6.02. The monoisotopic (exact) mass is 253 g/mol. The smallest absolute Gasteiger partial charge is 0.335 e. The lowest BCUT2D eigenvalue weighted by Gasteiger charge is -2.21. The molecule has 0 aliphatic heterocycles. The molecule has 1 aromatic rings. The summed E-state index contributed by atoms with van der Waals surface area (Å²) in [4.78, 5) is 21.8. The highest BCUT2D eigenvalue weighted by atomic mass is 16.5. The lowest BCUT2D eigenvalue weighted by atomic mass is 10.0. The van der Waals surface area contributed by atoms with Gasteiger partial charge in [0.1, 0.15) is 5.75 Å². The van der Waals surface area contributed by atoms with Crippen molar-refractivity contribution < 1.29 is 24.5 Å². The van der Waals surface area contributed by atoms with Crippen molar-refractivity contribution in [3.63, 3.8) is 0 Å². The first kappa shape index (κ1) is 14.0. The van der Waals surface area contributed by atoms with Crippen LogP contribution in [0.2, 0.25) is 0 Å². The maximum atomic E-state index is 11.0. The van der Waals surface area contributed by atoms with E-state index in [1.807, 2.05) is 0 Å².